The zero-order valence-corrected chi connectivity index (χ0v) is 11.9. The first kappa shape index (κ1) is 15.8. The summed E-state index contributed by atoms with van der Waals surface area (Å²) in [5.41, 5.74) is 6.32. The highest BCUT2D eigenvalue weighted by Gasteiger charge is 2.15. The molecule has 1 aromatic rings. The van der Waals surface area contributed by atoms with Crippen molar-refractivity contribution in [3.63, 3.8) is 0 Å². The molecule has 0 aromatic heterocycles. The monoisotopic (exact) mass is 280 g/mol. The molecule has 1 unspecified atom stereocenters. The third-order valence-corrected chi connectivity index (χ3v) is 2.79. The summed E-state index contributed by atoms with van der Waals surface area (Å²) in [5, 5.41) is 2.77. The van der Waals surface area contributed by atoms with E-state index in [0.717, 1.165) is 6.42 Å². The second-order valence-electron chi connectivity index (χ2n) is 4.41. The van der Waals surface area contributed by atoms with Crippen molar-refractivity contribution in [3.05, 3.63) is 23.8 Å². The number of ether oxygens (including phenoxy) is 2. The van der Waals surface area contributed by atoms with Crippen LogP contribution in [0.5, 0.6) is 5.75 Å². The summed E-state index contributed by atoms with van der Waals surface area (Å²) in [5.74, 6) is -0.559. The molecule has 0 bridgehead atoms. The van der Waals surface area contributed by atoms with E-state index < -0.39 is 5.97 Å². The summed E-state index contributed by atoms with van der Waals surface area (Å²) in [4.78, 5) is 23.2. The highest BCUT2D eigenvalue weighted by Crippen LogP contribution is 2.22. The summed E-state index contributed by atoms with van der Waals surface area (Å²) in [7, 11) is 1.28. The first-order valence-corrected chi connectivity index (χ1v) is 6.38. The van der Waals surface area contributed by atoms with Gasteiger partial charge < -0.3 is 20.5 Å². The maximum absolute atomic E-state index is 11.6. The predicted molar refractivity (Wildman–Crippen MR) is 75.6 cm³/mol. The number of methoxy groups -OCH3 is 1. The Morgan fingerprint density at radius 2 is 2.10 bits per heavy atom. The Hall–Kier alpha value is -2.24. The molecule has 0 aliphatic heterocycles. The van der Waals surface area contributed by atoms with Crippen LogP contribution < -0.4 is 15.8 Å². The van der Waals surface area contributed by atoms with Gasteiger partial charge in [-0.1, -0.05) is 6.92 Å². The first-order valence-electron chi connectivity index (χ1n) is 6.38. The van der Waals surface area contributed by atoms with Crippen molar-refractivity contribution in [2.75, 3.05) is 19.5 Å². The van der Waals surface area contributed by atoms with Crippen LogP contribution in [0.25, 0.3) is 0 Å². The van der Waals surface area contributed by atoms with Gasteiger partial charge in [0, 0.05) is 17.8 Å². The molecule has 0 heterocycles. The number of nitrogens with one attached hydrogen (secondary N) is 1. The minimum Gasteiger partial charge on any atom is -0.483 e. The fraction of sp³-hybridized carbons (Fsp3) is 0.429. The van der Waals surface area contributed by atoms with Gasteiger partial charge in [-0.15, -0.1) is 0 Å². The van der Waals surface area contributed by atoms with E-state index in [-0.39, 0.29) is 29.9 Å². The molecular weight excluding hydrogens is 260 g/mol. The first-order chi connectivity index (χ1) is 9.47. The molecule has 0 aliphatic rings. The molecule has 3 N–H and O–H groups in total. The van der Waals surface area contributed by atoms with Gasteiger partial charge in [0.15, 0.2) is 6.61 Å². The summed E-state index contributed by atoms with van der Waals surface area (Å²) in [6.45, 7) is 3.69. The molecule has 0 saturated carbocycles. The number of nitrogens with two attached hydrogens (primary N) is 1. The summed E-state index contributed by atoms with van der Waals surface area (Å²) in [6, 6.07) is 4.64. The lowest BCUT2D eigenvalue weighted by molar-refractivity contribution is -0.123. The van der Waals surface area contributed by atoms with Gasteiger partial charge in [-0.25, -0.2) is 4.79 Å². The quantitative estimate of drug-likeness (QED) is 0.606. The standard InChI is InChI=1S/C14H20N2O4/c1-4-9(2)16-13(17)8-20-12-7-10(15)5-6-11(12)14(18)19-3/h5-7,9H,4,8,15H2,1-3H3,(H,16,17). The number of carbonyl (C=O) groups excluding carboxylic acids is 2. The number of hydrogen-bond donors (Lipinski definition) is 2. The van der Waals surface area contributed by atoms with Crippen molar-refractivity contribution >= 4 is 17.6 Å². The van der Waals surface area contributed by atoms with Crippen LogP contribution in [0.2, 0.25) is 0 Å². The second kappa shape index (κ2) is 7.37. The maximum Gasteiger partial charge on any atom is 0.341 e. The third-order valence-electron chi connectivity index (χ3n) is 2.79. The highest BCUT2D eigenvalue weighted by molar-refractivity contribution is 5.93. The topological polar surface area (TPSA) is 90.6 Å². The van der Waals surface area contributed by atoms with E-state index in [2.05, 4.69) is 10.1 Å². The lowest BCUT2D eigenvalue weighted by Crippen LogP contribution is -2.35. The second-order valence-corrected chi connectivity index (χ2v) is 4.41. The summed E-state index contributed by atoms with van der Waals surface area (Å²) >= 11 is 0. The SMILES string of the molecule is CCC(C)NC(=O)COc1cc(N)ccc1C(=O)OC. The molecule has 0 fully saturated rings. The molecule has 110 valence electrons. The van der Waals surface area contributed by atoms with Crippen molar-refractivity contribution in [2.24, 2.45) is 0 Å². The van der Waals surface area contributed by atoms with E-state index in [1.54, 1.807) is 6.07 Å². The summed E-state index contributed by atoms with van der Waals surface area (Å²) < 4.78 is 10.0. The van der Waals surface area contributed by atoms with Gasteiger partial charge in [-0.2, -0.15) is 0 Å². The van der Waals surface area contributed by atoms with Gasteiger partial charge in [-0.05, 0) is 25.5 Å². The number of carbonyl (C=O) groups is 2. The van der Waals surface area contributed by atoms with E-state index in [4.69, 9.17) is 10.5 Å². The van der Waals surface area contributed by atoms with Gasteiger partial charge in [0.2, 0.25) is 0 Å². The Morgan fingerprint density at radius 1 is 1.40 bits per heavy atom. The smallest absolute Gasteiger partial charge is 0.341 e. The van der Waals surface area contributed by atoms with Crippen LogP contribution in [0, 0.1) is 0 Å². The van der Waals surface area contributed by atoms with Gasteiger partial charge in [0.25, 0.3) is 5.91 Å². The minimum atomic E-state index is -0.540. The number of rotatable bonds is 6. The molecule has 20 heavy (non-hydrogen) atoms. The van der Waals surface area contributed by atoms with Crippen LogP contribution in [0.1, 0.15) is 30.6 Å². The average molecular weight is 280 g/mol. The van der Waals surface area contributed by atoms with E-state index in [0.29, 0.717) is 5.69 Å². The maximum atomic E-state index is 11.6. The number of hydrogen-bond acceptors (Lipinski definition) is 5. The van der Waals surface area contributed by atoms with Crippen molar-refractivity contribution in [3.8, 4) is 5.75 Å². The Balaban J connectivity index is 2.74. The molecule has 0 spiro atoms. The molecule has 0 radical (unpaired) electrons. The molecule has 6 heteroatoms. The van der Waals surface area contributed by atoms with Crippen molar-refractivity contribution in [2.45, 2.75) is 26.3 Å². The van der Waals surface area contributed by atoms with E-state index in [1.807, 2.05) is 13.8 Å². The van der Waals surface area contributed by atoms with Crippen molar-refractivity contribution in [1.29, 1.82) is 0 Å². The van der Waals surface area contributed by atoms with Crippen LogP contribution >= 0.6 is 0 Å². The van der Waals surface area contributed by atoms with Crippen molar-refractivity contribution < 1.29 is 19.1 Å². The fourth-order valence-corrected chi connectivity index (χ4v) is 1.50. The Morgan fingerprint density at radius 3 is 2.70 bits per heavy atom. The van der Waals surface area contributed by atoms with Crippen molar-refractivity contribution in [1.82, 2.24) is 5.32 Å². The third kappa shape index (κ3) is 4.46. The number of anilines is 1. The predicted octanol–water partition coefficient (Wildman–Crippen LogP) is 1.35. The lowest BCUT2D eigenvalue weighted by Gasteiger charge is -2.13. The summed E-state index contributed by atoms with van der Waals surface area (Å²) in [6.07, 6.45) is 0.831. The Labute approximate surface area is 118 Å². The zero-order valence-electron chi connectivity index (χ0n) is 11.9. The normalized spacial score (nSPS) is 11.6. The molecule has 1 aromatic carbocycles. The van der Waals surface area contributed by atoms with Gasteiger partial charge in [0.05, 0.1) is 7.11 Å². The van der Waals surface area contributed by atoms with E-state index in [1.165, 1.54) is 19.2 Å². The Kier molecular flexibility index (Phi) is 5.83. The number of esters is 1. The molecule has 6 nitrogen and oxygen atoms in total. The number of benzene rings is 1. The molecule has 0 saturated heterocycles. The molecule has 1 amide bonds. The van der Waals surface area contributed by atoms with Crippen LogP contribution in [0.3, 0.4) is 0 Å². The number of nitrogen functional groups attached to an aromatic ring is 1. The van der Waals surface area contributed by atoms with Crippen LogP contribution in [-0.4, -0.2) is 31.6 Å². The van der Waals surface area contributed by atoms with E-state index >= 15 is 0 Å². The Bertz CT molecular complexity index is 488. The van der Waals surface area contributed by atoms with Crippen LogP contribution in [0.4, 0.5) is 5.69 Å². The zero-order chi connectivity index (χ0) is 15.1. The van der Waals surface area contributed by atoms with Gasteiger partial charge in [0.1, 0.15) is 11.3 Å². The lowest BCUT2D eigenvalue weighted by atomic mass is 10.2. The molecule has 1 rings (SSSR count). The average Bonchev–Trinajstić information content (AvgIpc) is 2.44. The molecule has 0 aliphatic carbocycles. The minimum absolute atomic E-state index is 0.0759. The van der Waals surface area contributed by atoms with E-state index in [9.17, 15) is 9.59 Å². The van der Waals surface area contributed by atoms with Gasteiger partial charge in [-0.3, -0.25) is 4.79 Å². The molecular formula is C14H20N2O4. The fourth-order valence-electron chi connectivity index (χ4n) is 1.50. The molecule has 1 atom stereocenters. The van der Waals surface area contributed by atoms with Gasteiger partial charge >= 0.3 is 5.97 Å². The largest absolute Gasteiger partial charge is 0.483 e. The van der Waals surface area contributed by atoms with Crippen LogP contribution in [0.15, 0.2) is 18.2 Å². The number of amides is 1. The van der Waals surface area contributed by atoms with Crippen LogP contribution in [-0.2, 0) is 9.53 Å². The highest BCUT2D eigenvalue weighted by atomic mass is 16.5.